The number of nitrogens with two attached hydrogens (primary N) is 1. The minimum atomic E-state index is -0.310. The Morgan fingerprint density at radius 3 is 2.74 bits per heavy atom. The number of halogens is 1. The number of imidazole rings is 1. The second kappa shape index (κ2) is 5.18. The lowest BCUT2D eigenvalue weighted by Gasteiger charge is -2.05. The van der Waals surface area contributed by atoms with Crippen LogP contribution < -0.4 is 11.3 Å². The number of benzene rings is 1. The Kier molecular flexibility index (Phi) is 3.02. The zero-order valence-electron chi connectivity index (χ0n) is 11.8. The molecule has 3 N–H and O–H groups in total. The predicted octanol–water partition coefficient (Wildman–Crippen LogP) is 2.48. The van der Waals surface area contributed by atoms with Gasteiger partial charge in [0.05, 0.1) is 5.69 Å². The molecule has 23 heavy (non-hydrogen) atoms. The molecule has 4 rings (SSSR count). The van der Waals surface area contributed by atoms with Crippen LogP contribution in [-0.4, -0.2) is 19.4 Å². The monoisotopic (exact) mass is 310 g/mol. The maximum absolute atomic E-state index is 13.2. The summed E-state index contributed by atoms with van der Waals surface area (Å²) in [4.78, 5) is 12.8. The zero-order valence-corrected chi connectivity index (χ0v) is 11.8. The van der Waals surface area contributed by atoms with Gasteiger partial charge in [-0.05, 0) is 30.3 Å². The van der Waals surface area contributed by atoms with Gasteiger partial charge in [-0.1, -0.05) is 0 Å². The number of hydrazine groups is 1. The molecule has 3 aromatic heterocycles. The molecule has 0 radical (unpaired) electrons. The van der Waals surface area contributed by atoms with Crippen LogP contribution in [0.4, 0.5) is 10.3 Å². The third kappa shape index (κ3) is 2.21. The van der Waals surface area contributed by atoms with Crippen LogP contribution in [0.5, 0.6) is 0 Å². The van der Waals surface area contributed by atoms with E-state index in [2.05, 4.69) is 20.4 Å². The van der Waals surface area contributed by atoms with Gasteiger partial charge in [-0.3, -0.25) is 9.83 Å². The number of nitrogens with one attached hydrogen (secondary N) is 1. The molecule has 0 atom stereocenters. The summed E-state index contributed by atoms with van der Waals surface area (Å²) in [7, 11) is 0. The molecule has 4 aromatic rings. The quantitative estimate of drug-likeness (QED) is 0.446. The molecular weight excluding hydrogens is 299 g/mol. The van der Waals surface area contributed by atoms with E-state index in [0.717, 1.165) is 5.56 Å². The van der Waals surface area contributed by atoms with Gasteiger partial charge in [0.1, 0.15) is 23.5 Å². The van der Waals surface area contributed by atoms with Crippen LogP contribution in [0.1, 0.15) is 0 Å². The number of hydrogen-bond donors (Lipinski definition) is 2. The van der Waals surface area contributed by atoms with Crippen molar-refractivity contribution in [1.29, 1.82) is 0 Å². The summed E-state index contributed by atoms with van der Waals surface area (Å²) in [6.07, 6.45) is 4.86. The smallest absolute Gasteiger partial charge is 0.306 e. The highest BCUT2D eigenvalue weighted by molar-refractivity contribution is 5.79. The van der Waals surface area contributed by atoms with E-state index in [1.807, 2.05) is 0 Å². The highest BCUT2D eigenvalue weighted by Crippen LogP contribution is 2.32. The second-order valence-electron chi connectivity index (χ2n) is 4.78. The molecule has 0 amide bonds. The number of oxazole rings is 1. The summed E-state index contributed by atoms with van der Waals surface area (Å²) in [5.41, 5.74) is 5.11. The lowest BCUT2D eigenvalue weighted by molar-refractivity contribution is 0.596. The van der Waals surface area contributed by atoms with E-state index in [9.17, 15) is 4.39 Å². The van der Waals surface area contributed by atoms with Gasteiger partial charge in [-0.2, -0.15) is 4.98 Å². The maximum Gasteiger partial charge on any atom is 0.306 e. The van der Waals surface area contributed by atoms with Gasteiger partial charge in [0, 0.05) is 18.0 Å². The summed E-state index contributed by atoms with van der Waals surface area (Å²) in [5, 5.41) is 0. The van der Waals surface area contributed by atoms with E-state index in [-0.39, 0.29) is 11.8 Å². The van der Waals surface area contributed by atoms with Crippen molar-refractivity contribution >= 4 is 11.8 Å². The molecule has 0 aliphatic heterocycles. The standard InChI is InChI=1S/C15H11FN6O/c16-10-3-1-9(2-4-10)12-13(22-7-8-23-15(22)20-12)11-5-6-18-14(19-11)21-17/h1-8H,17H2,(H,18,19,21). The molecule has 114 valence electrons. The van der Waals surface area contributed by atoms with Gasteiger partial charge < -0.3 is 4.42 Å². The van der Waals surface area contributed by atoms with Crippen molar-refractivity contribution in [2.24, 2.45) is 5.84 Å². The van der Waals surface area contributed by atoms with E-state index in [1.54, 1.807) is 35.0 Å². The first-order valence-corrected chi connectivity index (χ1v) is 6.78. The number of nitrogens with zero attached hydrogens (tertiary/aromatic N) is 4. The Morgan fingerprint density at radius 1 is 1.13 bits per heavy atom. The van der Waals surface area contributed by atoms with Crippen LogP contribution in [0.15, 0.2) is 53.4 Å². The Bertz CT molecular complexity index is 975. The first-order chi connectivity index (χ1) is 11.3. The fourth-order valence-corrected chi connectivity index (χ4v) is 2.40. The molecule has 0 unspecified atom stereocenters. The van der Waals surface area contributed by atoms with Crippen LogP contribution in [-0.2, 0) is 0 Å². The number of aromatic nitrogens is 4. The summed E-state index contributed by atoms with van der Waals surface area (Å²) < 4.78 is 20.3. The van der Waals surface area contributed by atoms with Crippen LogP contribution in [0.25, 0.3) is 28.5 Å². The SMILES string of the molecule is NNc1nccc(-c2c(-c3ccc(F)cc3)nc3occn23)n1. The van der Waals surface area contributed by atoms with Gasteiger partial charge in [0.25, 0.3) is 0 Å². The molecule has 0 aliphatic rings. The fraction of sp³-hybridized carbons (Fsp3) is 0. The van der Waals surface area contributed by atoms with Gasteiger partial charge in [-0.15, -0.1) is 0 Å². The molecule has 0 fully saturated rings. The molecule has 0 aliphatic carbocycles. The molecule has 0 bridgehead atoms. The van der Waals surface area contributed by atoms with E-state index in [1.165, 1.54) is 18.4 Å². The van der Waals surface area contributed by atoms with E-state index in [4.69, 9.17) is 10.3 Å². The Morgan fingerprint density at radius 2 is 1.96 bits per heavy atom. The number of nitrogen functional groups attached to an aromatic ring is 1. The summed E-state index contributed by atoms with van der Waals surface area (Å²) in [6, 6.07) is 7.82. The highest BCUT2D eigenvalue weighted by atomic mass is 19.1. The highest BCUT2D eigenvalue weighted by Gasteiger charge is 2.19. The van der Waals surface area contributed by atoms with Crippen molar-refractivity contribution in [2.75, 3.05) is 5.43 Å². The zero-order chi connectivity index (χ0) is 15.8. The van der Waals surface area contributed by atoms with Crippen molar-refractivity contribution < 1.29 is 8.81 Å². The number of fused-ring (bicyclic) bond motifs is 1. The number of anilines is 1. The summed E-state index contributed by atoms with van der Waals surface area (Å²) >= 11 is 0. The van der Waals surface area contributed by atoms with Crippen LogP contribution in [0.3, 0.4) is 0 Å². The Hall–Kier alpha value is -3.26. The van der Waals surface area contributed by atoms with E-state index in [0.29, 0.717) is 22.9 Å². The Labute approximate surface area is 129 Å². The van der Waals surface area contributed by atoms with Gasteiger partial charge >= 0.3 is 5.84 Å². The molecule has 0 saturated carbocycles. The van der Waals surface area contributed by atoms with Crippen LogP contribution >= 0.6 is 0 Å². The van der Waals surface area contributed by atoms with Crippen molar-refractivity contribution in [2.45, 2.75) is 0 Å². The first-order valence-electron chi connectivity index (χ1n) is 6.78. The molecule has 0 spiro atoms. The molecule has 7 nitrogen and oxygen atoms in total. The van der Waals surface area contributed by atoms with Gasteiger partial charge in [-0.25, -0.2) is 20.2 Å². The van der Waals surface area contributed by atoms with E-state index < -0.39 is 0 Å². The fourth-order valence-electron chi connectivity index (χ4n) is 2.40. The minimum Gasteiger partial charge on any atom is -0.432 e. The topological polar surface area (TPSA) is 94.3 Å². The Balaban J connectivity index is 1.98. The van der Waals surface area contributed by atoms with Crippen molar-refractivity contribution in [3.05, 3.63) is 54.8 Å². The average Bonchev–Trinajstić information content (AvgIpc) is 3.16. The van der Waals surface area contributed by atoms with Crippen LogP contribution in [0, 0.1) is 5.82 Å². The maximum atomic E-state index is 13.2. The molecular formula is C15H11FN6O. The van der Waals surface area contributed by atoms with Crippen LogP contribution in [0.2, 0.25) is 0 Å². The lowest BCUT2D eigenvalue weighted by atomic mass is 10.1. The summed E-state index contributed by atoms with van der Waals surface area (Å²) in [6.45, 7) is 0. The minimum absolute atomic E-state index is 0.283. The average molecular weight is 310 g/mol. The summed E-state index contributed by atoms with van der Waals surface area (Å²) in [5.74, 6) is 5.76. The molecule has 8 heteroatoms. The molecule has 1 aromatic carbocycles. The predicted molar refractivity (Wildman–Crippen MR) is 81.7 cm³/mol. The molecule has 0 saturated heterocycles. The molecule has 3 heterocycles. The number of rotatable bonds is 3. The number of hydrogen-bond acceptors (Lipinski definition) is 6. The van der Waals surface area contributed by atoms with Crippen molar-refractivity contribution in [3.63, 3.8) is 0 Å². The third-order valence-corrected chi connectivity index (χ3v) is 3.41. The van der Waals surface area contributed by atoms with Crippen molar-refractivity contribution in [3.8, 4) is 22.6 Å². The van der Waals surface area contributed by atoms with Gasteiger partial charge in [0.2, 0.25) is 5.95 Å². The van der Waals surface area contributed by atoms with Gasteiger partial charge in [0.15, 0.2) is 0 Å². The normalized spacial score (nSPS) is 11.0. The first kappa shape index (κ1) is 13.4. The lowest BCUT2D eigenvalue weighted by Crippen LogP contribution is -2.10. The second-order valence-corrected chi connectivity index (χ2v) is 4.78. The van der Waals surface area contributed by atoms with Crippen molar-refractivity contribution in [1.82, 2.24) is 19.4 Å². The third-order valence-electron chi connectivity index (χ3n) is 3.41. The largest absolute Gasteiger partial charge is 0.432 e. The van der Waals surface area contributed by atoms with E-state index >= 15 is 0 Å².